The summed E-state index contributed by atoms with van der Waals surface area (Å²) in [5, 5.41) is 13.8. The minimum Gasteiger partial charge on any atom is -0.484 e. The van der Waals surface area contributed by atoms with Crippen LogP contribution in [-0.4, -0.2) is 47.1 Å². The molecule has 4 fully saturated rings. The molecule has 6 rings (SSSR count). The molecule has 2 N–H and O–H groups in total. The lowest BCUT2D eigenvalue weighted by Crippen LogP contribution is -2.80. The van der Waals surface area contributed by atoms with E-state index in [1.54, 1.807) is 4.90 Å². The predicted molar refractivity (Wildman–Crippen MR) is 116 cm³/mol. The van der Waals surface area contributed by atoms with Crippen LogP contribution in [0.25, 0.3) is 0 Å². The Labute approximate surface area is 190 Å². The number of nitrogens with one attached hydrogen (secondary N) is 1. The van der Waals surface area contributed by atoms with E-state index in [4.69, 9.17) is 16.3 Å². The molecule has 6 nitrogen and oxygen atoms in total. The second kappa shape index (κ2) is 7.18. The summed E-state index contributed by atoms with van der Waals surface area (Å²) in [6, 6.07) is 11.7. The van der Waals surface area contributed by atoms with Crippen LogP contribution in [0.1, 0.15) is 30.4 Å². The van der Waals surface area contributed by atoms with Gasteiger partial charge in [-0.3, -0.25) is 9.59 Å². The summed E-state index contributed by atoms with van der Waals surface area (Å²) in [7, 11) is 0. The molecule has 3 saturated carbocycles. The second-order valence-electron chi connectivity index (χ2n) is 9.56. The van der Waals surface area contributed by atoms with Gasteiger partial charge in [0.25, 0.3) is 5.91 Å². The van der Waals surface area contributed by atoms with Crippen LogP contribution in [0.2, 0.25) is 5.02 Å². The van der Waals surface area contributed by atoms with Gasteiger partial charge in [0.1, 0.15) is 17.2 Å². The molecule has 0 aromatic heterocycles. The van der Waals surface area contributed by atoms with Crippen LogP contribution in [0, 0.1) is 18.2 Å². The Bertz CT molecular complexity index is 1080. The van der Waals surface area contributed by atoms with Gasteiger partial charge in [-0.25, -0.2) is 4.39 Å². The first kappa shape index (κ1) is 21.2. The highest BCUT2D eigenvalue weighted by Gasteiger charge is 2.73. The Kier molecular flexibility index (Phi) is 4.76. The van der Waals surface area contributed by atoms with Crippen molar-refractivity contribution in [1.29, 1.82) is 0 Å². The summed E-state index contributed by atoms with van der Waals surface area (Å²) >= 11 is 5.64. The van der Waals surface area contributed by atoms with Crippen LogP contribution in [0.4, 0.5) is 4.39 Å². The number of amides is 2. The maximum Gasteiger partial charge on any atom is 0.258 e. The Morgan fingerprint density at radius 2 is 1.81 bits per heavy atom. The molecule has 0 unspecified atom stereocenters. The van der Waals surface area contributed by atoms with Crippen molar-refractivity contribution in [2.75, 3.05) is 19.7 Å². The van der Waals surface area contributed by atoms with E-state index >= 15 is 0 Å². The van der Waals surface area contributed by atoms with Gasteiger partial charge in [0.2, 0.25) is 5.91 Å². The number of carbonyl (C=O) groups is 2. The fraction of sp³-hybridized carbons (Fsp3) is 0.417. The quantitative estimate of drug-likeness (QED) is 0.697. The molecule has 1 aliphatic heterocycles. The Morgan fingerprint density at radius 1 is 1.16 bits per heavy atom. The lowest BCUT2D eigenvalue weighted by molar-refractivity contribution is -0.209. The summed E-state index contributed by atoms with van der Waals surface area (Å²) in [5.74, 6) is -0.632. The second-order valence-corrected chi connectivity index (χ2v) is 9.97. The van der Waals surface area contributed by atoms with Gasteiger partial charge in [-0.2, -0.15) is 0 Å². The standard InChI is InChI=1S/C24H24ClFN2O4/c1-15-2-4-16(5-3-15)24(31)13-28(14-24)21(30)22-10-23(11-22,12-22)27-20(29)9-32-17-6-7-18(25)19(26)8-17/h2-8,31H,9-14H2,1H3,(H,27,29). The average Bonchev–Trinajstić information content (AvgIpc) is 2.68. The molecule has 0 atom stereocenters. The van der Waals surface area contributed by atoms with Crippen LogP contribution in [0.5, 0.6) is 5.75 Å². The number of aryl methyl sites for hydroxylation is 1. The van der Waals surface area contributed by atoms with Gasteiger partial charge in [0.15, 0.2) is 6.61 Å². The van der Waals surface area contributed by atoms with E-state index in [1.165, 1.54) is 12.1 Å². The van der Waals surface area contributed by atoms with Gasteiger partial charge < -0.3 is 20.1 Å². The van der Waals surface area contributed by atoms with Crippen LogP contribution in [0.15, 0.2) is 42.5 Å². The minimum absolute atomic E-state index is 0.00913. The molecule has 2 amide bonds. The molecule has 8 heteroatoms. The summed E-state index contributed by atoms with van der Waals surface area (Å²) in [4.78, 5) is 26.9. The fourth-order valence-corrected chi connectivity index (χ4v) is 5.42. The molecule has 3 aliphatic carbocycles. The SMILES string of the molecule is Cc1ccc(C2(O)CN(C(=O)C34CC(NC(=O)COc5ccc(Cl)c(F)c5)(C3)C4)C2)cc1. The monoisotopic (exact) mass is 458 g/mol. The van der Waals surface area contributed by atoms with Gasteiger partial charge in [-0.1, -0.05) is 41.4 Å². The van der Waals surface area contributed by atoms with Gasteiger partial charge in [0.05, 0.1) is 23.5 Å². The molecule has 1 heterocycles. The normalized spacial score (nSPS) is 26.9. The Hall–Kier alpha value is -2.64. The highest BCUT2D eigenvalue weighted by molar-refractivity contribution is 6.30. The third-order valence-electron chi connectivity index (χ3n) is 6.93. The Balaban J connectivity index is 1.09. The van der Waals surface area contributed by atoms with Crippen molar-refractivity contribution in [3.8, 4) is 5.75 Å². The first-order valence-electron chi connectivity index (χ1n) is 10.6. The van der Waals surface area contributed by atoms with Gasteiger partial charge >= 0.3 is 0 Å². The van der Waals surface area contributed by atoms with Crippen LogP contribution < -0.4 is 10.1 Å². The number of rotatable bonds is 6. The lowest BCUT2D eigenvalue weighted by Gasteiger charge is -2.70. The number of hydrogen-bond acceptors (Lipinski definition) is 4. The maximum absolute atomic E-state index is 13.5. The van der Waals surface area contributed by atoms with Crippen molar-refractivity contribution in [3.05, 3.63) is 64.4 Å². The highest BCUT2D eigenvalue weighted by Crippen LogP contribution is 2.68. The number of likely N-dealkylation sites (tertiary alicyclic amines) is 1. The molecule has 0 radical (unpaired) electrons. The van der Waals surface area contributed by atoms with Crippen molar-refractivity contribution in [1.82, 2.24) is 10.2 Å². The molecule has 4 aliphatic rings. The number of ether oxygens (including phenoxy) is 1. The summed E-state index contributed by atoms with van der Waals surface area (Å²) < 4.78 is 18.8. The summed E-state index contributed by atoms with van der Waals surface area (Å²) in [5.41, 5.74) is 0.171. The van der Waals surface area contributed by atoms with Crippen LogP contribution in [-0.2, 0) is 15.2 Å². The molecule has 1 saturated heterocycles. The number of halogens is 2. The van der Waals surface area contributed by atoms with Gasteiger partial charge in [-0.05, 0) is 43.9 Å². The number of β-amino-alcohol motifs (C(OH)–C–C–N with tert-alkyl or cyclic N) is 1. The third kappa shape index (κ3) is 3.44. The van der Waals surface area contributed by atoms with Crippen LogP contribution in [0.3, 0.4) is 0 Å². The zero-order valence-corrected chi connectivity index (χ0v) is 18.4. The van der Waals surface area contributed by atoms with Crippen molar-refractivity contribution >= 4 is 23.4 Å². The topological polar surface area (TPSA) is 78.9 Å². The molecule has 0 spiro atoms. The molecular formula is C24H24ClFN2O4. The number of aliphatic hydroxyl groups is 1. The first-order chi connectivity index (χ1) is 15.1. The van der Waals surface area contributed by atoms with Gasteiger partial charge in [0, 0.05) is 11.6 Å². The van der Waals surface area contributed by atoms with Crippen molar-refractivity contribution in [3.63, 3.8) is 0 Å². The lowest BCUT2D eigenvalue weighted by atomic mass is 9.38. The number of benzene rings is 2. The maximum atomic E-state index is 13.5. The number of hydrogen-bond donors (Lipinski definition) is 2. The van der Waals surface area contributed by atoms with Crippen molar-refractivity contribution < 1.29 is 23.8 Å². The number of carbonyl (C=O) groups excluding carboxylic acids is 2. The van der Waals surface area contributed by atoms with E-state index in [9.17, 15) is 19.1 Å². The predicted octanol–water partition coefficient (Wildman–Crippen LogP) is 2.94. The van der Waals surface area contributed by atoms with Crippen molar-refractivity contribution in [2.45, 2.75) is 37.3 Å². The number of nitrogens with zero attached hydrogens (tertiary/aromatic N) is 1. The van der Waals surface area contributed by atoms with Crippen molar-refractivity contribution in [2.24, 2.45) is 5.41 Å². The summed E-state index contributed by atoms with van der Waals surface area (Å²) in [6.45, 7) is 2.34. The molecule has 168 valence electrons. The molecular weight excluding hydrogens is 435 g/mol. The minimum atomic E-state index is -0.989. The smallest absolute Gasteiger partial charge is 0.258 e. The van der Waals surface area contributed by atoms with Crippen LogP contribution >= 0.6 is 11.6 Å². The third-order valence-corrected chi connectivity index (χ3v) is 7.24. The van der Waals surface area contributed by atoms with E-state index in [0.29, 0.717) is 32.4 Å². The summed E-state index contributed by atoms with van der Waals surface area (Å²) in [6.07, 6.45) is 1.79. The molecule has 32 heavy (non-hydrogen) atoms. The van der Waals surface area contributed by atoms with E-state index in [1.807, 2.05) is 31.2 Å². The van der Waals surface area contributed by atoms with E-state index in [2.05, 4.69) is 5.32 Å². The van der Waals surface area contributed by atoms with E-state index in [0.717, 1.165) is 17.2 Å². The highest BCUT2D eigenvalue weighted by atomic mass is 35.5. The van der Waals surface area contributed by atoms with E-state index < -0.39 is 16.8 Å². The zero-order chi connectivity index (χ0) is 22.7. The molecule has 2 aromatic carbocycles. The van der Waals surface area contributed by atoms with Gasteiger partial charge in [-0.15, -0.1) is 0 Å². The molecule has 2 bridgehead atoms. The molecule has 2 aromatic rings. The zero-order valence-electron chi connectivity index (χ0n) is 17.7. The largest absolute Gasteiger partial charge is 0.484 e. The fourth-order valence-electron chi connectivity index (χ4n) is 5.31. The first-order valence-corrected chi connectivity index (χ1v) is 11.0. The van der Waals surface area contributed by atoms with E-state index in [-0.39, 0.29) is 34.7 Å². The Morgan fingerprint density at radius 3 is 2.44 bits per heavy atom. The average molecular weight is 459 g/mol.